The molecule has 2 atom stereocenters. The number of hydrogen-bond acceptors (Lipinski definition) is 3. The molecule has 19 heavy (non-hydrogen) atoms. The fourth-order valence-electron chi connectivity index (χ4n) is 1.73. The summed E-state index contributed by atoms with van der Waals surface area (Å²) in [4.78, 5) is 13.4. The predicted octanol–water partition coefficient (Wildman–Crippen LogP) is 1.74. The van der Waals surface area contributed by atoms with Crippen molar-refractivity contribution in [2.75, 3.05) is 20.8 Å². The van der Waals surface area contributed by atoms with Crippen LogP contribution in [0.4, 0.5) is 4.39 Å². The molecule has 1 amide bonds. The molecule has 0 aliphatic heterocycles. The first-order chi connectivity index (χ1) is 8.49. The van der Waals surface area contributed by atoms with Crippen LogP contribution < -0.4 is 5.73 Å². The first-order valence-corrected chi connectivity index (χ1v) is 5.74. The number of ether oxygens (including phenoxy) is 1. The lowest BCUT2D eigenvalue weighted by molar-refractivity contribution is -0.134. The molecule has 0 saturated carbocycles. The molecule has 0 aliphatic rings. The average Bonchev–Trinajstić information content (AvgIpc) is 2.37. The molecule has 6 heteroatoms. The molecule has 0 aromatic heterocycles. The Hall–Kier alpha value is -1.17. The number of carbonyl (C=O) groups is 1. The molecule has 0 fully saturated rings. The fraction of sp³-hybridized carbons (Fsp3) is 0.462. The zero-order chi connectivity index (χ0) is 13.7. The molecule has 2 unspecified atom stereocenters. The van der Waals surface area contributed by atoms with E-state index in [0.717, 1.165) is 0 Å². The van der Waals surface area contributed by atoms with Crippen LogP contribution in [0.2, 0.25) is 0 Å². The van der Waals surface area contributed by atoms with Gasteiger partial charge in [0, 0.05) is 19.7 Å². The van der Waals surface area contributed by atoms with Gasteiger partial charge in [0.1, 0.15) is 11.9 Å². The molecular formula is C13H20ClFN2O2. The minimum Gasteiger partial charge on any atom is -0.383 e. The van der Waals surface area contributed by atoms with Crippen molar-refractivity contribution < 1.29 is 13.9 Å². The van der Waals surface area contributed by atoms with Crippen molar-refractivity contribution in [3.05, 3.63) is 35.6 Å². The largest absolute Gasteiger partial charge is 0.383 e. The Labute approximate surface area is 119 Å². The zero-order valence-corrected chi connectivity index (χ0v) is 12.1. The fourth-order valence-corrected chi connectivity index (χ4v) is 1.73. The van der Waals surface area contributed by atoms with Crippen LogP contribution in [-0.4, -0.2) is 37.6 Å². The number of carbonyl (C=O) groups excluding carboxylic acids is 1. The minimum absolute atomic E-state index is 0. The number of halogens is 2. The Kier molecular flexibility index (Phi) is 7.59. The maximum Gasteiger partial charge on any atom is 0.242 e. The van der Waals surface area contributed by atoms with Crippen molar-refractivity contribution >= 4 is 18.3 Å². The van der Waals surface area contributed by atoms with Crippen molar-refractivity contribution in [1.82, 2.24) is 4.90 Å². The monoisotopic (exact) mass is 290 g/mol. The van der Waals surface area contributed by atoms with Gasteiger partial charge in [-0.1, -0.05) is 18.2 Å². The van der Waals surface area contributed by atoms with Crippen molar-refractivity contribution in [3.63, 3.8) is 0 Å². The third kappa shape index (κ3) is 4.45. The van der Waals surface area contributed by atoms with E-state index < -0.39 is 6.04 Å². The van der Waals surface area contributed by atoms with E-state index >= 15 is 0 Å². The van der Waals surface area contributed by atoms with Crippen molar-refractivity contribution in [2.24, 2.45) is 5.73 Å². The third-order valence-corrected chi connectivity index (χ3v) is 2.95. The number of nitrogens with two attached hydrogens (primary N) is 1. The van der Waals surface area contributed by atoms with Gasteiger partial charge in [-0.05, 0) is 13.0 Å². The van der Waals surface area contributed by atoms with Crippen LogP contribution >= 0.6 is 12.4 Å². The second-order valence-corrected chi connectivity index (χ2v) is 4.21. The number of amides is 1. The lowest BCUT2D eigenvalue weighted by Gasteiger charge is -2.28. The van der Waals surface area contributed by atoms with Gasteiger partial charge in [0.05, 0.1) is 12.6 Å². The van der Waals surface area contributed by atoms with E-state index in [-0.39, 0.29) is 36.8 Å². The van der Waals surface area contributed by atoms with Gasteiger partial charge >= 0.3 is 0 Å². The summed E-state index contributed by atoms with van der Waals surface area (Å²) in [6, 6.07) is 5.29. The second-order valence-electron chi connectivity index (χ2n) is 4.21. The van der Waals surface area contributed by atoms with Crippen molar-refractivity contribution in [2.45, 2.75) is 19.0 Å². The Bertz CT molecular complexity index is 417. The zero-order valence-electron chi connectivity index (χ0n) is 11.3. The number of hydrogen-bond donors (Lipinski definition) is 1. The molecule has 1 aromatic carbocycles. The molecule has 0 aliphatic carbocycles. The molecule has 0 bridgehead atoms. The maximum atomic E-state index is 13.6. The summed E-state index contributed by atoms with van der Waals surface area (Å²) in [5, 5.41) is 0. The lowest BCUT2D eigenvalue weighted by Crippen LogP contribution is -2.45. The van der Waals surface area contributed by atoms with Crippen LogP contribution in [-0.2, 0) is 9.53 Å². The minimum atomic E-state index is -0.728. The third-order valence-electron chi connectivity index (χ3n) is 2.95. The van der Waals surface area contributed by atoms with E-state index in [1.54, 1.807) is 32.2 Å². The summed E-state index contributed by atoms with van der Waals surface area (Å²) in [5.74, 6) is -0.599. The Morgan fingerprint density at radius 1 is 1.47 bits per heavy atom. The van der Waals surface area contributed by atoms with E-state index in [2.05, 4.69) is 0 Å². The number of likely N-dealkylation sites (N-methyl/N-ethyl adjacent to an activating group) is 1. The van der Waals surface area contributed by atoms with Crippen LogP contribution in [0.1, 0.15) is 18.5 Å². The summed E-state index contributed by atoms with van der Waals surface area (Å²) in [7, 11) is 3.09. The Morgan fingerprint density at radius 2 is 2.05 bits per heavy atom. The second kappa shape index (κ2) is 8.09. The standard InChI is InChI=1S/C13H19FN2O2.ClH/c1-9(10-6-4-5-7-11(10)14)16(2)13(17)12(15)8-18-3;/h4-7,9,12H,8,15H2,1-3H3;1H. The molecule has 108 valence electrons. The smallest absolute Gasteiger partial charge is 0.242 e. The SMILES string of the molecule is COCC(N)C(=O)N(C)C(C)c1ccccc1F.Cl. The predicted molar refractivity (Wildman–Crippen MR) is 74.7 cm³/mol. The van der Waals surface area contributed by atoms with Gasteiger partial charge in [0.15, 0.2) is 0 Å². The van der Waals surface area contributed by atoms with Crippen LogP contribution in [0.3, 0.4) is 0 Å². The first-order valence-electron chi connectivity index (χ1n) is 5.74. The summed E-state index contributed by atoms with van der Waals surface area (Å²) < 4.78 is 18.5. The van der Waals surface area contributed by atoms with Gasteiger partial charge in [-0.2, -0.15) is 0 Å². The number of methoxy groups -OCH3 is 1. The molecule has 0 spiro atoms. The van der Waals surface area contributed by atoms with Gasteiger partial charge in [0.2, 0.25) is 5.91 Å². The highest BCUT2D eigenvalue weighted by Crippen LogP contribution is 2.21. The van der Waals surface area contributed by atoms with Crippen molar-refractivity contribution in [3.8, 4) is 0 Å². The van der Waals surface area contributed by atoms with E-state index in [0.29, 0.717) is 5.56 Å². The highest BCUT2D eigenvalue weighted by Gasteiger charge is 2.24. The molecule has 1 aromatic rings. The topological polar surface area (TPSA) is 55.6 Å². The molecule has 4 nitrogen and oxygen atoms in total. The first kappa shape index (κ1) is 17.8. The number of rotatable bonds is 5. The van der Waals surface area contributed by atoms with E-state index in [9.17, 15) is 9.18 Å². The van der Waals surface area contributed by atoms with Crippen LogP contribution in [0, 0.1) is 5.82 Å². The van der Waals surface area contributed by atoms with Gasteiger partial charge < -0.3 is 15.4 Å². The van der Waals surface area contributed by atoms with Crippen molar-refractivity contribution in [1.29, 1.82) is 0 Å². The molecule has 0 radical (unpaired) electrons. The van der Waals surface area contributed by atoms with Gasteiger partial charge in [-0.3, -0.25) is 4.79 Å². The van der Waals surface area contributed by atoms with Crippen LogP contribution in [0.25, 0.3) is 0 Å². The van der Waals surface area contributed by atoms with Crippen LogP contribution in [0.5, 0.6) is 0 Å². The molecule has 0 saturated heterocycles. The Balaban J connectivity index is 0.00000324. The van der Waals surface area contributed by atoms with E-state index in [1.807, 2.05) is 0 Å². The highest BCUT2D eigenvalue weighted by atomic mass is 35.5. The number of benzene rings is 1. The number of nitrogens with zero attached hydrogens (tertiary/aromatic N) is 1. The van der Waals surface area contributed by atoms with E-state index in [1.165, 1.54) is 18.1 Å². The van der Waals surface area contributed by atoms with Crippen LogP contribution in [0.15, 0.2) is 24.3 Å². The summed E-state index contributed by atoms with van der Waals surface area (Å²) >= 11 is 0. The quantitative estimate of drug-likeness (QED) is 0.899. The van der Waals surface area contributed by atoms with E-state index in [4.69, 9.17) is 10.5 Å². The summed E-state index contributed by atoms with van der Waals surface area (Å²) in [5.41, 5.74) is 6.14. The molecular weight excluding hydrogens is 271 g/mol. The maximum absolute atomic E-state index is 13.6. The molecule has 0 heterocycles. The summed E-state index contributed by atoms with van der Waals surface area (Å²) in [6.07, 6.45) is 0. The van der Waals surface area contributed by atoms with Gasteiger partial charge in [-0.25, -0.2) is 4.39 Å². The van der Waals surface area contributed by atoms with Gasteiger partial charge in [0.25, 0.3) is 0 Å². The van der Waals surface area contributed by atoms with Gasteiger partial charge in [-0.15, -0.1) is 12.4 Å². The molecule has 2 N–H and O–H groups in total. The molecule has 1 rings (SSSR count). The summed E-state index contributed by atoms with van der Waals surface area (Å²) in [6.45, 7) is 1.91. The Morgan fingerprint density at radius 3 is 2.58 bits per heavy atom. The highest BCUT2D eigenvalue weighted by molar-refractivity contribution is 5.85. The lowest BCUT2D eigenvalue weighted by atomic mass is 10.1. The normalized spacial score (nSPS) is 13.3. The average molecular weight is 291 g/mol.